The molecule has 4 nitrogen and oxygen atoms in total. The van der Waals surface area contributed by atoms with Gasteiger partial charge in [-0.15, -0.1) is 0 Å². The van der Waals surface area contributed by atoms with E-state index < -0.39 is 34.7 Å². The van der Waals surface area contributed by atoms with Crippen molar-refractivity contribution in [2.45, 2.75) is 0 Å². The number of hydrogen-bond donors (Lipinski definition) is 0. The third-order valence-electron chi connectivity index (χ3n) is 1.85. The molecule has 0 spiro atoms. The van der Waals surface area contributed by atoms with Gasteiger partial charge in [-0.2, -0.15) is 0 Å². The average molecular weight is 226 g/mol. The quantitative estimate of drug-likeness (QED) is 0.594. The molecule has 16 heavy (non-hydrogen) atoms. The highest BCUT2D eigenvalue weighted by atomic mass is 19.1. The fourth-order valence-electron chi connectivity index (χ4n) is 1.12. The summed E-state index contributed by atoms with van der Waals surface area (Å²) in [5, 5.41) is 0. The Morgan fingerprint density at radius 1 is 0.875 bits per heavy atom. The molecule has 2 rings (SSSR count). The lowest BCUT2D eigenvalue weighted by molar-refractivity contribution is 0.0778. The van der Waals surface area contributed by atoms with Crippen LogP contribution in [0.2, 0.25) is 0 Å². The Bertz CT molecular complexity index is 502. The van der Waals surface area contributed by atoms with Gasteiger partial charge in [0.25, 0.3) is 11.6 Å². The van der Waals surface area contributed by atoms with Crippen LogP contribution in [-0.4, -0.2) is 11.6 Å². The van der Waals surface area contributed by atoms with Gasteiger partial charge in [0.15, 0.2) is 11.6 Å². The van der Waals surface area contributed by atoms with E-state index in [1.807, 2.05) is 0 Å². The van der Waals surface area contributed by atoms with Gasteiger partial charge >= 0.3 is 0 Å². The first kappa shape index (κ1) is 10.3. The summed E-state index contributed by atoms with van der Waals surface area (Å²) in [7, 11) is 0. The Balaban J connectivity index is 2.34. The predicted octanol–water partition coefficient (Wildman–Crippen LogP) is 2.22. The summed E-state index contributed by atoms with van der Waals surface area (Å²) in [6, 6.07) is 1.75. The van der Waals surface area contributed by atoms with Crippen LogP contribution < -0.4 is 0 Å². The van der Waals surface area contributed by atoms with Crippen LogP contribution in [0.15, 0.2) is 33.5 Å². The summed E-state index contributed by atoms with van der Waals surface area (Å²) in [4.78, 5) is 22.7. The van der Waals surface area contributed by atoms with Crippen molar-refractivity contribution in [3.63, 3.8) is 0 Å². The van der Waals surface area contributed by atoms with Crippen molar-refractivity contribution in [2.75, 3.05) is 0 Å². The van der Waals surface area contributed by atoms with Crippen molar-refractivity contribution in [1.29, 1.82) is 0 Å². The molecule has 0 radical (unpaired) electrons. The summed E-state index contributed by atoms with van der Waals surface area (Å²) in [6.45, 7) is 0. The van der Waals surface area contributed by atoms with Crippen LogP contribution in [-0.2, 0) is 0 Å². The minimum absolute atomic E-state index is 0.763. The van der Waals surface area contributed by atoms with E-state index in [2.05, 4.69) is 8.83 Å². The Labute approximate surface area is 87.5 Å². The van der Waals surface area contributed by atoms with E-state index in [0.29, 0.717) is 0 Å². The monoisotopic (exact) mass is 226 g/mol. The van der Waals surface area contributed by atoms with Gasteiger partial charge in [0.1, 0.15) is 0 Å². The Morgan fingerprint density at radius 2 is 1.25 bits per heavy atom. The van der Waals surface area contributed by atoms with Gasteiger partial charge in [0.05, 0.1) is 12.5 Å². The number of rotatable bonds is 3. The van der Waals surface area contributed by atoms with E-state index in [1.54, 1.807) is 0 Å². The van der Waals surface area contributed by atoms with Crippen LogP contribution in [0.3, 0.4) is 0 Å². The largest absolute Gasteiger partial charge is 0.457 e. The second-order valence-electron chi connectivity index (χ2n) is 2.85. The van der Waals surface area contributed by atoms with Crippen LogP contribution in [0.5, 0.6) is 0 Å². The van der Waals surface area contributed by atoms with Gasteiger partial charge in [0.2, 0.25) is 11.5 Å². The highest BCUT2D eigenvalue weighted by Crippen LogP contribution is 2.15. The average Bonchev–Trinajstić information content (AvgIpc) is 2.85. The number of furan rings is 2. The van der Waals surface area contributed by atoms with E-state index in [9.17, 15) is 18.4 Å². The first-order valence-corrected chi connectivity index (χ1v) is 4.16. The molecule has 2 heterocycles. The lowest BCUT2D eigenvalue weighted by Crippen LogP contribution is -2.15. The fourth-order valence-corrected chi connectivity index (χ4v) is 1.12. The fraction of sp³-hybridized carbons (Fsp3) is 0. The zero-order chi connectivity index (χ0) is 11.7. The summed E-state index contributed by atoms with van der Waals surface area (Å²) in [5.74, 6) is -6.08. The molecule has 0 aliphatic heterocycles. The molecule has 0 amide bonds. The molecule has 0 saturated carbocycles. The van der Waals surface area contributed by atoms with Crippen molar-refractivity contribution in [1.82, 2.24) is 0 Å². The summed E-state index contributed by atoms with van der Waals surface area (Å²) < 4.78 is 34.8. The molecule has 2 aromatic rings. The lowest BCUT2D eigenvalue weighted by Gasteiger charge is -1.94. The molecule has 0 aromatic carbocycles. The second kappa shape index (κ2) is 3.73. The molecule has 0 N–H and O–H groups in total. The summed E-state index contributed by atoms with van der Waals surface area (Å²) in [5.41, 5.74) is 0. The minimum atomic E-state index is -1.30. The van der Waals surface area contributed by atoms with Gasteiger partial charge in [-0.3, -0.25) is 9.59 Å². The second-order valence-corrected chi connectivity index (χ2v) is 2.85. The molecule has 0 bridgehead atoms. The zero-order valence-corrected chi connectivity index (χ0v) is 7.70. The van der Waals surface area contributed by atoms with Crippen molar-refractivity contribution < 1.29 is 27.2 Å². The normalized spacial score (nSPS) is 10.4. The van der Waals surface area contributed by atoms with Crippen LogP contribution in [0.1, 0.15) is 21.1 Å². The third-order valence-corrected chi connectivity index (χ3v) is 1.85. The standard InChI is InChI=1S/C10H4F2O4/c11-5-1-3-15-9(5)7(13)8(14)10-6(12)2-4-16-10/h1-4H. The Morgan fingerprint density at radius 3 is 1.50 bits per heavy atom. The maximum absolute atomic E-state index is 12.9. The van der Waals surface area contributed by atoms with Gasteiger partial charge in [-0.05, 0) is 0 Å². The SMILES string of the molecule is O=C(C(=O)c1occc1F)c1occc1F. The molecule has 82 valence electrons. The maximum Gasteiger partial charge on any atom is 0.275 e. The Hall–Kier alpha value is -2.24. The molecular weight excluding hydrogens is 222 g/mol. The van der Waals surface area contributed by atoms with Crippen LogP contribution in [0, 0.1) is 11.6 Å². The molecule has 0 aliphatic rings. The van der Waals surface area contributed by atoms with Crippen LogP contribution >= 0.6 is 0 Å². The minimum Gasteiger partial charge on any atom is -0.457 e. The molecule has 0 unspecified atom stereocenters. The highest BCUT2D eigenvalue weighted by Gasteiger charge is 2.29. The van der Waals surface area contributed by atoms with Crippen molar-refractivity contribution in [3.05, 3.63) is 47.8 Å². The number of carbonyl (C=O) groups excluding carboxylic acids is 2. The van der Waals surface area contributed by atoms with E-state index in [-0.39, 0.29) is 0 Å². The molecule has 6 heteroatoms. The number of carbonyl (C=O) groups is 2. The summed E-state index contributed by atoms with van der Waals surface area (Å²) >= 11 is 0. The van der Waals surface area contributed by atoms with Crippen LogP contribution in [0.25, 0.3) is 0 Å². The lowest BCUT2D eigenvalue weighted by atomic mass is 10.1. The van der Waals surface area contributed by atoms with E-state index >= 15 is 0 Å². The highest BCUT2D eigenvalue weighted by molar-refractivity contribution is 6.48. The van der Waals surface area contributed by atoms with Crippen molar-refractivity contribution >= 4 is 11.6 Å². The van der Waals surface area contributed by atoms with E-state index in [4.69, 9.17) is 0 Å². The number of halogens is 2. The predicted molar refractivity (Wildman–Crippen MR) is 46.0 cm³/mol. The van der Waals surface area contributed by atoms with Crippen molar-refractivity contribution in [2.24, 2.45) is 0 Å². The summed E-state index contributed by atoms with van der Waals surface area (Å²) in [6.07, 6.45) is 1.82. The molecule has 2 aromatic heterocycles. The van der Waals surface area contributed by atoms with E-state index in [0.717, 1.165) is 24.7 Å². The first-order valence-electron chi connectivity index (χ1n) is 4.16. The molecular formula is C10H4F2O4. The smallest absolute Gasteiger partial charge is 0.275 e. The first-order chi connectivity index (χ1) is 7.61. The van der Waals surface area contributed by atoms with Crippen molar-refractivity contribution in [3.8, 4) is 0 Å². The number of Topliss-reactive ketones (excluding diaryl/α,β-unsaturated/α-hetero) is 2. The van der Waals surface area contributed by atoms with E-state index in [1.165, 1.54) is 0 Å². The number of hydrogen-bond acceptors (Lipinski definition) is 4. The molecule has 0 saturated heterocycles. The molecule has 0 aliphatic carbocycles. The molecule has 0 atom stereocenters. The zero-order valence-electron chi connectivity index (χ0n) is 7.70. The Kier molecular flexibility index (Phi) is 2.40. The molecule has 0 fully saturated rings. The maximum atomic E-state index is 12.9. The third kappa shape index (κ3) is 1.54. The van der Waals surface area contributed by atoms with Gasteiger partial charge in [-0.25, -0.2) is 8.78 Å². The topological polar surface area (TPSA) is 60.4 Å². The van der Waals surface area contributed by atoms with Gasteiger partial charge in [-0.1, -0.05) is 0 Å². The number of ketones is 2. The van der Waals surface area contributed by atoms with Gasteiger partial charge in [0, 0.05) is 12.1 Å². The van der Waals surface area contributed by atoms with Gasteiger partial charge < -0.3 is 8.83 Å². The van der Waals surface area contributed by atoms with Crippen LogP contribution in [0.4, 0.5) is 8.78 Å².